The van der Waals surface area contributed by atoms with Crippen LogP contribution in [-0.2, 0) is 25.8 Å². The summed E-state index contributed by atoms with van der Waals surface area (Å²) in [5, 5.41) is 0. The molecule has 1 aliphatic heterocycles. The summed E-state index contributed by atoms with van der Waals surface area (Å²) in [5.74, 6) is -0.0983. The highest BCUT2D eigenvalue weighted by Crippen LogP contribution is 2.20. The number of rotatable bonds is 6. The summed E-state index contributed by atoms with van der Waals surface area (Å²) in [6, 6.07) is 7.02. The fraction of sp³-hybridized carbons (Fsp3) is 0.571. The standard InChI is InChI=1S/C14H22N2O4S2/c1-12-5-7-13(8-6-12)11-22(19,20)15-10-14-4-3-9-16(14)21(2,17)18/h5-8,14-15H,3-4,9-11H2,1-2H3. The third kappa shape index (κ3) is 4.77. The Bertz CT molecular complexity index is 712. The Labute approximate surface area is 132 Å². The lowest BCUT2D eigenvalue weighted by atomic mass is 10.2. The van der Waals surface area contributed by atoms with Crippen LogP contribution in [0.5, 0.6) is 0 Å². The third-order valence-corrected chi connectivity index (χ3v) is 6.42. The predicted octanol–water partition coefficient (Wildman–Crippen LogP) is 0.838. The van der Waals surface area contributed by atoms with E-state index < -0.39 is 20.0 Å². The van der Waals surface area contributed by atoms with Crippen molar-refractivity contribution in [3.8, 4) is 0 Å². The van der Waals surface area contributed by atoms with Crippen LogP contribution in [0.3, 0.4) is 0 Å². The molecule has 8 heteroatoms. The molecule has 1 unspecified atom stereocenters. The summed E-state index contributed by atoms with van der Waals surface area (Å²) >= 11 is 0. The van der Waals surface area contributed by atoms with Gasteiger partial charge in [-0.25, -0.2) is 21.6 Å². The van der Waals surface area contributed by atoms with Crippen molar-refractivity contribution < 1.29 is 16.8 Å². The Morgan fingerprint density at radius 3 is 2.41 bits per heavy atom. The van der Waals surface area contributed by atoms with E-state index in [1.54, 1.807) is 12.1 Å². The third-order valence-electron chi connectivity index (χ3n) is 3.77. The molecule has 0 aromatic heterocycles. The van der Waals surface area contributed by atoms with Gasteiger partial charge in [-0.3, -0.25) is 0 Å². The Balaban J connectivity index is 1.96. The van der Waals surface area contributed by atoms with Gasteiger partial charge >= 0.3 is 0 Å². The fourth-order valence-electron chi connectivity index (χ4n) is 2.63. The van der Waals surface area contributed by atoms with Crippen LogP contribution in [-0.4, -0.2) is 46.5 Å². The summed E-state index contributed by atoms with van der Waals surface area (Å²) in [7, 11) is -6.76. The highest BCUT2D eigenvalue weighted by Gasteiger charge is 2.31. The van der Waals surface area contributed by atoms with Gasteiger partial charge in [0.05, 0.1) is 12.0 Å². The molecule has 2 rings (SSSR count). The molecule has 1 heterocycles. The molecule has 0 bridgehead atoms. The molecule has 1 aromatic rings. The first-order chi connectivity index (χ1) is 10.2. The number of hydrogen-bond acceptors (Lipinski definition) is 4. The maximum atomic E-state index is 12.1. The summed E-state index contributed by atoms with van der Waals surface area (Å²) in [6.45, 7) is 2.53. The molecule has 1 aliphatic rings. The zero-order valence-electron chi connectivity index (χ0n) is 12.8. The molecule has 0 spiro atoms. The summed E-state index contributed by atoms with van der Waals surface area (Å²) in [4.78, 5) is 0. The van der Waals surface area contributed by atoms with Crippen molar-refractivity contribution in [1.29, 1.82) is 0 Å². The van der Waals surface area contributed by atoms with Gasteiger partial charge < -0.3 is 0 Å². The Morgan fingerprint density at radius 2 is 1.82 bits per heavy atom. The van der Waals surface area contributed by atoms with Crippen molar-refractivity contribution in [3.63, 3.8) is 0 Å². The minimum Gasteiger partial charge on any atom is -0.213 e. The van der Waals surface area contributed by atoms with E-state index in [-0.39, 0.29) is 18.3 Å². The summed E-state index contributed by atoms with van der Waals surface area (Å²) < 4.78 is 51.4. The predicted molar refractivity (Wildman–Crippen MR) is 86.4 cm³/mol. The van der Waals surface area contributed by atoms with Crippen LogP contribution in [0, 0.1) is 6.92 Å². The second-order valence-corrected chi connectivity index (χ2v) is 9.50. The van der Waals surface area contributed by atoms with Crippen LogP contribution in [0.2, 0.25) is 0 Å². The van der Waals surface area contributed by atoms with Gasteiger partial charge in [0.2, 0.25) is 20.0 Å². The van der Waals surface area contributed by atoms with Crippen molar-refractivity contribution >= 4 is 20.0 Å². The fourth-order valence-corrected chi connectivity index (χ4v) is 4.99. The number of aryl methyl sites for hydroxylation is 1. The SMILES string of the molecule is Cc1ccc(CS(=O)(=O)NCC2CCCN2S(C)(=O)=O)cc1. The molecule has 0 aliphatic carbocycles. The van der Waals surface area contributed by atoms with Gasteiger partial charge in [-0.15, -0.1) is 0 Å². The van der Waals surface area contributed by atoms with Gasteiger partial charge in [0.25, 0.3) is 0 Å². The van der Waals surface area contributed by atoms with Crippen molar-refractivity contribution in [2.24, 2.45) is 0 Å². The molecule has 1 atom stereocenters. The van der Waals surface area contributed by atoms with Gasteiger partial charge in [-0.1, -0.05) is 29.8 Å². The number of nitrogens with zero attached hydrogens (tertiary/aromatic N) is 1. The molecule has 1 saturated heterocycles. The second kappa shape index (κ2) is 6.66. The molecule has 1 fully saturated rings. The van der Waals surface area contributed by atoms with Crippen LogP contribution in [0.4, 0.5) is 0 Å². The van der Waals surface area contributed by atoms with Gasteiger partial charge in [0, 0.05) is 19.1 Å². The first-order valence-electron chi connectivity index (χ1n) is 7.17. The average molecular weight is 346 g/mol. The van der Waals surface area contributed by atoms with E-state index in [1.165, 1.54) is 4.31 Å². The van der Waals surface area contributed by atoms with Gasteiger partial charge in [0.1, 0.15) is 0 Å². The van der Waals surface area contributed by atoms with E-state index >= 15 is 0 Å². The smallest absolute Gasteiger partial charge is 0.213 e. The maximum absolute atomic E-state index is 12.1. The van der Waals surface area contributed by atoms with E-state index in [2.05, 4.69) is 4.72 Å². The molecule has 1 aromatic carbocycles. The topological polar surface area (TPSA) is 83.6 Å². The molecule has 22 heavy (non-hydrogen) atoms. The Kier molecular flexibility index (Phi) is 5.26. The lowest BCUT2D eigenvalue weighted by Crippen LogP contribution is -2.42. The summed E-state index contributed by atoms with van der Waals surface area (Å²) in [5.41, 5.74) is 1.79. The number of sulfonamides is 2. The first-order valence-corrected chi connectivity index (χ1v) is 10.7. The molecule has 0 saturated carbocycles. The molecule has 0 radical (unpaired) electrons. The number of benzene rings is 1. The summed E-state index contributed by atoms with van der Waals surface area (Å²) in [6.07, 6.45) is 2.60. The van der Waals surface area contributed by atoms with E-state index in [0.29, 0.717) is 18.5 Å². The quantitative estimate of drug-likeness (QED) is 0.827. The van der Waals surface area contributed by atoms with Crippen LogP contribution in [0.25, 0.3) is 0 Å². The molecule has 6 nitrogen and oxygen atoms in total. The minimum atomic E-state index is -3.48. The number of nitrogens with one attached hydrogen (secondary N) is 1. The van der Waals surface area contributed by atoms with Gasteiger partial charge in [0.15, 0.2) is 0 Å². The van der Waals surface area contributed by atoms with Crippen LogP contribution < -0.4 is 4.72 Å². The molecule has 0 amide bonds. The van der Waals surface area contributed by atoms with Crippen molar-refractivity contribution in [3.05, 3.63) is 35.4 Å². The van der Waals surface area contributed by atoms with E-state index in [0.717, 1.165) is 18.2 Å². The normalized spacial score (nSPS) is 20.4. The van der Waals surface area contributed by atoms with Crippen LogP contribution in [0.1, 0.15) is 24.0 Å². The zero-order valence-corrected chi connectivity index (χ0v) is 14.5. The minimum absolute atomic E-state index is 0.0983. The molecular formula is C14H22N2O4S2. The van der Waals surface area contributed by atoms with Gasteiger partial charge in [-0.2, -0.15) is 4.31 Å². The van der Waals surface area contributed by atoms with Crippen molar-refractivity contribution in [1.82, 2.24) is 9.03 Å². The molecular weight excluding hydrogens is 324 g/mol. The maximum Gasteiger partial charge on any atom is 0.215 e. The Morgan fingerprint density at radius 1 is 1.18 bits per heavy atom. The largest absolute Gasteiger partial charge is 0.215 e. The highest BCUT2D eigenvalue weighted by molar-refractivity contribution is 7.88. The van der Waals surface area contributed by atoms with Crippen molar-refractivity contribution in [2.45, 2.75) is 31.6 Å². The van der Waals surface area contributed by atoms with Gasteiger partial charge in [-0.05, 0) is 25.3 Å². The van der Waals surface area contributed by atoms with E-state index in [4.69, 9.17) is 0 Å². The number of hydrogen-bond donors (Lipinski definition) is 1. The van der Waals surface area contributed by atoms with E-state index in [1.807, 2.05) is 19.1 Å². The monoisotopic (exact) mass is 346 g/mol. The lowest BCUT2D eigenvalue weighted by molar-refractivity contribution is 0.388. The van der Waals surface area contributed by atoms with Crippen LogP contribution >= 0.6 is 0 Å². The first kappa shape index (κ1) is 17.4. The average Bonchev–Trinajstić information content (AvgIpc) is 2.87. The molecule has 124 valence electrons. The second-order valence-electron chi connectivity index (χ2n) is 5.76. The Hall–Kier alpha value is -0.960. The zero-order chi connectivity index (χ0) is 16.4. The van der Waals surface area contributed by atoms with E-state index in [9.17, 15) is 16.8 Å². The van der Waals surface area contributed by atoms with Crippen LogP contribution in [0.15, 0.2) is 24.3 Å². The van der Waals surface area contributed by atoms with Crippen molar-refractivity contribution in [2.75, 3.05) is 19.3 Å². The molecule has 1 N–H and O–H groups in total. The lowest BCUT2D eigenvalue weighted by Gasteiger charge is -2.22. The highest BCUT2D eigenvalue weighted by atomic mass is 32.2.